The highest BCUT2D eigenvalue weighted by atomic mass is 16.5. The molecule has 1 aliphatic rings. The molecule has 0 heterocycles. The fraction of sp³-hybridized carbons (Fsp3) is 0.667. The summed E-state index contributed by atoms with van der Waals surface area (Å²) in [5, 5.41) is 3.76. The molecule has 2 unspecified atom stereocenters. The molecule has 0 radical (unpaired) electrons. The Morgan fingerprint density at radius 1 is 1.15 bits per heavy atom. The summed E-state index contributed by atoms with van der Waals surface area (Å²) in [4.78, 5) is 0. The number of aryl methyl sites for hydroxylation is 1. The largest absolute Gasteiger partial charge is 0.381 e. The molecule has 20 heavy (non-hydrogen) atoms. The molecule has 2 nitrogen and oxygen atoms in total. The first-order chi connectivity index (χ1) is 9.86. The van der Waals surface area contributed by atoms with Crippen molar-refractivity contribution in [2.45, 2.75) is 52.0 Å². The summed E-state index contributed by atoms with van der Waals surface area (Å²) in [5.74, 6) is 0.716. The summed E-state index contributed by atoms with van der Waals surface area (Å²) in [7, 11) is 0. The number of benzene rings is 1. The summed E-state index contributed by atoms with van der Waals surface area (Å²) in [6.07, 6.45) is 5.99. The monoisotopic (exact) mass is 275 g/mol. The van der Waals surface area contributed by atoms with Crippen molar-refractivity contribution >= 4 is 0 Å². The van der Waals surface area contributed by atoms with Crippen molar-refractivity contribution in [1.29, 1.82) is 0 Å². The molecule has 2 atom stereocenters. The Labute approximate surface area is 123 Å². The lowest BCUT2D eigenvalue weighted by molar-refractivity contribution is 0.110. The van der Waals surface area contributed by atoms with Gasteiger partial charge in [-0.1, -0.05) is 38.1 Å². The second-order valence-electron chi connectivity index (χ2n) is 5.83. The van der Waals surface area contributed by atoms with Crippen LogP contribution in [0.3, 0.4) is 0 Å². The van der Waals surface area contributed by atoms with Crippen LogP contribution in [0.15, 0.2) is 24.3 Å². The van der Waals surface area contributed by atoms with Crippen LogP contribution in [0.1, 0.15) is 56.7 Å². The standard InChI is InChI=1S/C18H29NO/c1-3-12-19-18-16(11-14-20-13-4-2)10-9-15-7-5-6-8-17(15)18/h5-8,16,18-19H,3-4,9-14H2,1-2H3. The number of nitrogens with one attached hydrogen (secondary N) is 1. The molecule has 2 heteroatoms. The fourth-order valence-electron chi connectivity index (χ4n) is 3.20. The molecular formula is C18H29NO. The summed E-state index contributed by atoms with van der Waals surface area (Å²) in [5.41, 5.74) is 3.06. The van der Waals surface area contributed by atoms with Crippen LogP contribution in [0.2, 0.25) is 0 Å². The molecule has 0 amide bonds. The molecular weight excluding hydrogens is 246 g/mol. The van der Waals surface area contributed by atoms with Crippen molar-refractivity contribution in [3.63, 3.8) is 0 Å². The van der Waals surface area contributed by atoms with Crippen molar-refractivity contribution in [1.82, 2.24) is 5.32 Å². The first-order valence-electron chi connectivity index (χ1n) is 8.25. The van der Waals surface area contributed by atoms with Gasteiger partial charge in [0.05, 0.1) is 0 Å². The highest BCUT2D eigenvalue weighted by Gasteiger charge is 2.28. The molecule has 0 aliphatic heterocycles. The number of ether oxygens (including phenoxy) is 1. The van der Waals surface area contributed by atoms with E-state index in [1.54, 1.807) is 0 Å². The van der Waals surface area contributed by atoms with Gasteiger partial charge in [-0.2, -0.15) is 0 Å². The van der Waals surface area contributed by atoms with E-state index in [1.165, 1.54) is 36.8 Å². The maximum Gasteiger partial charge on any atom is 0.0469 e. The van der Waals surface area contributed by atoms with E-state index in [2.05, 4.69) is 43.4 Å². The van der Waals surface area contributed by atoms with Crippen molar-refractivity contribution in [2.75, 3.05) is 19.8 Å². The zero-order chi connectivity index (χ0) is 14.2. The van der Waals surface area contributed by atoms with Crippen molar-refractivity contribution in [3.05, 3.63) is 35.4 Å². The molecule has 0 saturated heterocycles. The first kappa shape index (κ1) is 15.5. The maximum absolute atomic E-state index is 5.70. The van der Waals surface area contributed by atoms with E-state index in [1.807, 2.05) is 0 Å². The van der Waals surface area contributed by atoms with Crippen LogP contribution in [0, 0.1) is 5.92 Å². The minimum Gasteiger partial charge on any atom is -0.381 e. The second-order valence-corrected chi connectivity index (χ2v) is 5.83. The smallest absolute Gasteiger partial charge is 0.0469 e. The molecule has 2 rings (SSSR count). The third-order valence-corrected chi connectivity index (χ3v) is 4.24. The first-order valence-corrected chi connectivity index (χ1v) is 8.25. The Morgan fingerprint density at radius 2 is 2.00 bits per heavy atom. The van der Waals surface area contributed by atoms with E-state index in [4.69, 9.17) is 4.74 Å². The van der Waals surface area contributed by atoms with Gasteiger partial charge in [-0.25, -0.2) is 0 Å². The number of hydrogen-bond donors (Lipinski definition) is 1. The average Bonchev–Trinajstić information content (AvgIpc) is 2.50. The lowest BCUT2D eigenvalue weighted by Crippen LogP contribution is -2.33. The summed E-state index contributed by atoms with van der Waals surface area (Å²) in [6, 6.07) is 9.46. The highest BCUT2D eigenvalue weighted by Crippen LogP contribution is 2.36. The third-order valence-electron chi connectivity index (χ3n) is 4.24. The van der Waals surface area contributed by atoms with Crippen LogP contribution in [-0.4, -0.2) is 19.8 Å². The predicted octanol–water partition coefficient (Wildman–Crippen LogP) is 4.11. The molecule has 1 N–H and O–H groups in total. The van der Waals surface area contributed by atoms with Crippen LogP contribution >= 0.6 is 0 Å². The van der Waals surface area contributed by atoms with Gasteiger partial charge in [-0.3, -0.25) is 0 Å². The van der Waals surface area contributed by atoms with E-state index in [0.717, 1.165) is 26.2 Å². The second kappa shape index (κ2) is 8.43. The highest BCUT2D eigenvalue weighted by molar-refractivity contribution is 5.33. The van der Waals surface area contributed by atoms with Crippen molar-refractivity contribution < 1.29 is 4.74 Å². The van der Waals surface area contributed by atoms with Crippen LogP contribution in [-0.2, 0) is 11.2 Å². The molecule has 1 aromatic rings. The molecule has 112 valence electrons. The van der Waals surface area contributed by atoms with Crippen molar-refractivity contribution in [2.24, 2.45) is 5.92 Å². The Hall–Kier alpha value is -0.860. The van der Waals surface area contributed by atoms with E-state index in [9.17, 15) is 0 Å². The molecule has 0 bridgehead atoms. The molecule has 0 fully saturated rings. The summed E-state index contributed by atoms with van der Waals surface area (Å²) in [6.45, 7) is 7.32. The zero-order valence-electron chi connectivity index (χ0n) is 13.0. The number of rotatable bonds is 8. The lowest BCUT2D eigenvalue weighted by Gasteiger charge is -2.34. The Kier molecular flexibility index (Phi) is 6.55. The Morgan fingerprint density at radius 3 is 2.80 bits per heavy atom. The van der Waals surface area contributed by atoms with Crippen LogP contribution < -0.4 is 5.32 Å². The van der Waals surface area contributed by atoms with Crippen molar-refractivity contribution in [3.8, 4) is 0 Å². The zero-order valence-corrected chi connectivity index (χ0v) is 13.0. The van der Waals surface area contributed by atoms with Gasteiger partial charge in [0.1, 0.15) is 0 Å². The molecule has 1 aromatic carbocycles. The van der Waals surface area contributed by atoms with Gasteiger partial charge in [-0.15, -0.1) is 0 Å². The number of fused-ring (bicyclic) bond motifs is 1. The van der Waals surface area contributed by atoms with Gasteiger partial charge in [0.2, 0.25) is 0 Å². The minimum atomic E-state index is 0.519. The summed E-state index contributed by atoms with van der Waals surface area (Å²) >= 11 is 0. The lowest BCUT2D eigenvalue weighted by atomic mass is 9.78. The third kappa shape index (κ3) is 4.07. The van der Waals surface area contributed by atoms with Crippen LogP contribution in [0.4, 0.5) is 0 Å². The molecule has 1 aliphatic carbocycles. The topological polar surface area (TPSA) is 21.3 Å². The fourth-order valence-corrected chi connectivity index (χ4v) is 3.20. The van der Waals surface area contributed by atoms with Crippen LogP contribution in [0.25, 0.3) is 0 Å². The van der Waals surface area contributed by atoms with Gasteiger partial charge in [0, 0.05) is 19.3 Å². The normalized spacial score (nSPS) is 21.7. The van der Waals surface area contributed by atoms with Gasteiger partial charge in [0.15, 0.2) is 0 Å². The van der Waals surface area contributed by atoms with Gasteiger partial charge in [0.25, 0.3) is 0 Å². The SMILES string of the molecule is CCCNC1c2ccccc2CCC1CCOCCC. The van der Waals surface area contributed by atoms with Crippen LogP contribution in [0.5, 0.6) is 0 Å². The predicted molar refractivity (Wildman–Crippen MR) is 85.0 cm³/mol. The maximum atomic E-state index is 5.70. The molecule has 0 aromatic heterocycles. The Bertz CT molecular complexity index is 391. The van der Waals surface area contributed by atoms with E-state index < -0.39 is 0 Å². The summed E-state index contributed by atoms with van der Waals surface area (Å²) < 4.78 is 5.70. The molecule has 0 saturated carbocycles. The Balaban J connectivity index is 2.00. The van der Waals surface area contributed by atoms with Gasteiger partial charge < -0.3 is 10.1 Å². The quantitative estimate of drug-likeness (QED) is 0.721. The van der Waals surface area contributed by atoms with E-state index in [0.29, 0.717) is 12.0 Å². The average molecular weight is 275 g/mol. The van der Waals surface area contributed by atoms with Gasteiger partial charge >= 0.3 is 0 Å². The number of hydrogen-bond acceptors (Lipinski definition) is 2. The van der Waals surface area contributed by atoms with E-state index >= 15 is 0 Å². The van der Waals surface area contributed by atoms with Gasteiger partial charge in [-0.05, 0) is 55.7 Å². The minimum absolute atomic E-state index is 0.519. The van der Waals surface area contributed by atoms with E-state index in [-0.39, 0.29) is 0 Å². The molecule has 0 spiro atoms.